The molecule has 20 heavy (non-hydrogen) atoms. The topological polar surface area (TPSA) is 58.5 Å². The molecule has 0 bridgehead atoms. The van der Waals surface area contributed by atoms with Crippen molar-refractivity contribution < 1.29 is 9.84 Å². The number of aromatic nitrogens is 2. The summed E-state index contributed by atoms with van der Waals surface area (Å²) in [4.78, 5) is 10.3. The standard InChI is InChI=1S/C15H17N3O2/c19-15-2-1-12(14-8-16-11-17-9-14)7-13(15)10-18-3-5-20-6-4-18/h1-2,7-9,11,19H,3-6,10H2. The van der Waals surface area contributed by atoms with E-state index in [1.165, 1.54) is 6.33 Å². The highest BCUT2D eigenvalue weighted by Crippen LogP contribution is 2.26. The Hall–Kier alpha value is -1.98. The molecular formula is C15H17N3O2. The molecule has 0 spiro atoms. The van der Waals surface area contributed by atoms with Crippen LogP contribution in [-0.4, -0.2) is 46.3 Å². The molecule has 3 rings (SSSR count). The van der Waals surface area contributed by atoms with Crippen molar-refractivity contribution in [3.63, 3.8) is 0 Å². The van der Waals surface area contributed by atoms with Crippen LogP contribution in [0.1, 0.15) is 5.56 Å². The van der Waals surface area contributed by atoms with Gasteiger partial charge in [0.1, 0.15) is 12.1 Å². The summed E-state index contributed by atoms with van der Waals surface area (Å²) in [7, 11) is 0. The molecule has 1 fully saturated rings. The van der Waals surface area contributed by atoms with Crippen LogP contribution >= 0.6 is 0 Å². The van der Waals surface area contributed by atoms with Crippen molar-refractivity contribution in [2.45, 2.75) is 6.54 Å². The van der Waals surface area contributed by atoms with Crippen molar-refractivity contribution >= 4 is 0 Å². The quantitative estimate of drug-likeness (QED) is 0.920. The van der Waals surface area contributed by atoms with E-state index in [1.807, 2.05) is 12.1 Å². The molecule has 2 aromatic rings. The first-order valence-electron chi connectivity index (χ1n) is 6.70. The lowest BCUT2D eigenvalue weighted by Crippen LogP contribution is -2.35. The van der Waals surface area contributed by atoms with Crippen LogP contribution < -0.4 is 0 Å². The Kier molecular flexibility index (Phi) is 3.90. The molecule has 0 aliphatic carbocycles. The van der Waals surface area contributed by atoms with E-state index in [0.717, 1.165) is 49.5 Å². The monoisotopic (exact) mass is 271 g/mol. The third-order valence-electron chi connectivity index (χ3n) is 3.47. The lowest BCUT2D eigenvalue weighted by atomic mass is 10.0. The van der Waals surface area contributed by atoms with E-state index in [9.17, 15) is 5.11 Å². The zero-order chi connectivity index (χ0) is 13.8. The van der Waals surface area contributed by atoms with E-state index in [2.05, 4.69) is 14.9 Å². The van der Waals surface area contributed by atoms with Gasteiger partial charge in [-0.2, -0.15) is 0 Å². The van der Waals surface area contributed by atoms with E-state index < -0.39 is 0 Å². The fourth-order valence-corrected chi connectivity index (χ4v) is 2.34. The summed E-state index contributed by atoms with van der Waals surface area (Å²) >= 11 is 0. The fourth-order valence-electron chi connectivity index (χ4n) is 2.34. The summed E-state index contributed by atoms with van der Waals surface area (Å²) in [5.74, 6) is 0.331. The molecule has 2 heterocycles. The van der Waals surface area contributed by atoms with E-state index >= 15 is 0 Å². The minimum Gasteiger partial charge on any atom is -0.508 e. The van der Waals surface area contributed by atoms with Gasteiger partial charge in [-0.05, 0) is 17.7 Å². The number of ether oxygens (including phenoxy) is 1. The van der Waals surface area contributed by atoms with Crippen molar-refractivity contribution in [3.05, 3.63) is 42.5 Å². The third-order valence-corrected chi connectivity index (χ3v) is 3.47. The van der Waals surface area contributed by atoms with Crippen LogP contribution in [0.2, 0.25) is 0 Å². The van der Waals surface area contributed by atoms with Crippen LogP contribution in [0.25, 0.3) is 11.1 Å². The number of hydrogen-bond donors (Lipinski definition) is 1. The highest BCUT2D eigenvalue weighted by Gasteiger charge is 2.13. The molecular weight excluding hydrogens is 254 g/mol. The normalized spacial score (nSPS) is 16.2. The van der Waals surface area contributed by atoms with Gasteiger partial charge in [0.05, 0.1) is 13.2 Å². The van der Waals surface area contributed by atoms with E-state index in [0.29, 0.717) is 5.75 Å². The lowest BCUT2D eigenvalue weighted by Gasteiger charge is -2.27. The van der Waals surface area contributed by atoms with Gasteiger partial charge in [0, 0.05) is 43.2 Å². The lowest BCUT2D eigenvalue weighted by molar-refractivity contribution is 0.0339. The van der Waals surface area contributed by atoms with Gasteiger partial charge < -0.3 is 9.84 Å². The van der Waals surface area contributed by atoms with Gasteiger partial charge in [-0.3, -0.25) is 4.90 Å². The van der Waals surface area contributed by atoms with Crippen LogP contribution in [0.3, 0.4) is 0 Å². The number of morpholine rings is 1. The first-order chi connectivity index (χ1) is 9.83. The summed E-state index contributed by atoms with van der Waals surface area (Å²) in [5.41, 5.74) is 2.90. The highest BCUT2D eigenvalue weighted by molar-refractivity contribution is 5.63. The smallest absolute Gasteiger partial charge is 0.120 e. The molecule has 5 nitrogen and oxygen atoms in total. The molecule has 0 atom stereocenters. The minimum atomic E-state index is 0.331. The predicted octanol–water partition coefficient (Wildman–Crippen LogP) is 1.68. The van der Waals surface area contributed by atoms with Gasteiger partial charge in [0.2, 0.25) is 0 Å². The van der Waals surface area contributed by atoms with Crippen LogP contribution in [-0.2, 0) is 11.3 Å². The molecule has 1 aliphatic rings. The average molecular weight is 271 g/mol. The molecule has 0 unspecified atom stereocenters. The Labute approximate surface area is 117 Å². The third kappa shape index (κ3) is 2.95. The highest BCUT2D eigenvalue weighted by atomic mass is 16.5. The maximum Gasteiger partial charge on any atom is 0.120 e. The number of hydrogen-bond acceptors (Lipinski definition) is 5. The van der Waals surface area contributed by atoms with Gasteiger partial charge in [-0.25, -0.2) is 9.97 Å². The Balaban J connectivity index is 1.83. The molecule has 5 heteroatoms. The SMILES string of the molecule is Oc1ccc(-c2cncnc2)cc1CN1CCOCC1. The Morgan fingerprint density at radius 1 is 1.10 bits per heavy atom. The first-order valence-corrected chi connectivity index (χ1v) is 6.70. The van der Waals surface area contributed by atoms with Gasteiger partial charge >= 0.3 is 0 Å². The number of benzene rings is 1. The molecule has 0 saturated carbocycles. The number of phenolic OH excluding ortho intramolecular Hbond substituents is 1. The van der Waals surface area contributed by atoms with Crippen LogP contribution in [0.5, 0.6) is 5.75 Å². The number of aromatic hydroxyl groups is 1. The minimum absolute atomic E-state index is 0.331. The maximum absolute atomic E-state index is 10.0. The van der Waals surface area contributed by atoms with Gasteiger partial charge in [0.15, 0.2) is 0 Å². The Bertz CT molecular complexity index is 569. The molecule has 1 aromatic carbocycles. The molecule has 0 amide bonds. The zero-order valence-corrected chi connectivity index (χ0v) is 11.2. The fraction of sp³-hybridized carbons (Fsp3) is 0.333. The van der Waals surface area contributed by atoms with Gasteiger partial charge in [-0.15, -0.1) is 0 Å². The van der Waals surface area contributed by atoms with Crippen molar-refractivity contribution in [2.75, 3.05) is 26.3 Å². The second-order valence-electron chi connectivity index (χ2n) is 4.86. The second kappa shape index (κ2) is 5.98. The number of rotatable bonds is 3. The van der Waals surface area contributed by atoms with E-state index in [1.54, 1.807) is 18.5 Å². The van der Waals surface area contributed by atoms with Crippen molar-refractivity contribution in [1.29, 1.82) is 0 Å². The van der Waals surface area contributed by atoms with Crippen molar-refractivity contribution in [3.8, 4) is 16.9 Å². The summed E-state index contributed by atoms with van der Waals surface area (Å²) in [6, 6.07) is 5.62. The molecule has 104 valence electrons. The summed E-state index contributed by atoms with van der Waals surface area (Å²) in [6.45, 7) is 4.05. The predicted molar refractivity (Wildman–Crippen MR) is 75.2 cm³/mol. The van der Waals surface area contributed by atoms with Crippen LogP contribution in [0, 0.1) is 0 Å². The van der Waals surface area contributed by atoms with Gasteiger partial charge in [0.25, 0.3) is 0 Å². The summed E-state index contributed by atoms with van der Waals surface area (Å²) < 4.78 is 5.34. The van der Waals surface area contributed by atoms with Crippen LogP contribution in [0.4, 0.5) is 0 Å². The van der Waals surface area contributed by atoms with E-state index in [4.69, 9.17) is 4.74 Å². The molecule has 1 aliphatic heterocycles. The Morgan fingerprint density at radius 2 is 1.85 bits per heavy atom. The molecule has 1 N–H and O–H groups in total. The van der Waals surface area contributed by atoms with E-state index in [-0.39, 0.29) is 0 Å². The summed E-state index contributed by atoms with van der Waals surface area (Å²) in [5, 5.41) is 10.0. The van der Waals surface area contributed by atoms with Crippen molar-refractivity contribution in [1.82, 2.24) is 14.9 Å². The first kappa shape index (κ1) is 13.0. The largest absolute Gasteiger partial charge is 0.508 e. The average Bonchev–Trinajstić information content (AvgIpc) is 2.51. The Morgan fingerprint density at radius 3 is 2.60 bits per heavy atom. The number of phenols is 1. The maximum atomic E-state index is 10.0. The number of nitrogens with zero attached hydrogens (tertiary/aromatic N) is 3. The zero-order valence-electron chi connectivity index (χ0n) is 11.2. The van der Waals surface area contributed by atoms with Crippen molar-refractivity contribution in [2.24, 2.45) is 0 Å². The molecule has 0 radical (unpaired) electrons. The molecule has 1 aromatic heterocycles. The second-order valence-corrected chi connectivity index (χ2v) is 4.86. The van der Waals surface area contributed by atoms with Gasteiger partial charge in [-0.1, -0.05) is 6.07 Å². The molecule has 1 saturated heterocycles. The summed E-state index contributed by atoms with van der Waals surface area (Å²) in [6.07, 6.45) is 5.06. The van der Waals surface area contributed by atoms with Crippen LogP contribution in [0.15, 0.2) is 36.9 Å².